The van der Waals surface area contributed by atoms with E-state index in [1.165, 1.54) is 0 Å². The number of likely N-dealkylation sites (tertiary alicyclic amines) is 1. The van der Waals surface area contributed by atoms with E-state index in [4.69, 9.17) is 9.47 Å². The SMILES string of the molecule is CC(C)(C)OC(=O)N1CCCC(CCOc2cccc(Br)n2)C1. The van der Waals surface area contributed by atoms with Crippen molar-refractivity contribution in [3.8, 4) is 5.88 Å². The molecule has 1 aliphatic rings. The van der Waals surface area contributed by atoms with Crippen LogP contribution in [0.25, 0.3) is 0 Å². The molecule has 2 heterocycles. The molecule has 2 rings (SSSR count). The Morgan fingerprint density at radius 3 is 2.91 bits per heavy atom. The van der Waals surface area contributed by atoms with Crippen LogP contribution in [0.5, 0.6) is 5.88 Å². The van der Waals surface area contributed by atoms with Gasteiger partial charge in [0.05, 0.1) is 6.61 Å². The highest BCUT2D eigenvalue weighted by Gasteiger charge is 2.27. The number of hydrogen-bond donors (Lipinski definition) is 0. The van der Waals surface area contributed by atoms with Gasteiger partial charge in [0.1, 0.15) is 10.2 Å². The molecule has 0 aromatic carbocycles. The van der Waals surface area contributed by atoms with Crippen molar-refractivity contribution in [1.29, 1.82) is 0 Å². The Labute approximate surface area is 146 Å². The molecule has 1 aliphatic heterocycles. The Balaban J connectivity index is 1.76. The number of rotatable bonds is 4. The molecule has 23 heavy (non-hydrogen) atoms. The second-order valence-electron chi connectivity index (χ2n) is 6.87. The zero-order valence-electron chi connectivity index (χ0n) is 14.0. The van der Waals surface area contributed by atoms with Gasteiger partial charge >= 0.3 is 6.09 Å². The third-order valence-corrected chi connectivity index (χ3v) is 4.08. The van der Waals surface area contributed by atoms with Gasteiger partial charge in [0.25, 0.3) is 0 Å². The van der Waals surface area contributed by atoms with E-state index in [1.807, 2.05) is 43.9 Å². The number of carbonyl (C=O) groups is 1. The fourth-order valence-electron chi connectivity index (χ4n) is 2.59. The lowest BCUT2D eigenvalue weighted by Crippen LogP contribution is -2.43. The molecule has 0 radical (unpaired) electrons. The molecule has 0 bridgehead atoms. The van der Waals surface area contributed by atoms with Gasteiger partial charge in [-0.2, -0.15) is 0 Å². The molecule has 0 N–H and O–H groups in total. The van der Waals surface area contributed by atoms with Crippen LogP contribution in [0.3, 0.4) is 0 Å². The number of halogens is 1. The fourth-order valence-corrected chi connectivity index (χ4v) is 2.92. The lowest BCUT2D eigenvalue weighted by atomic mass is 9.95. The molecule has 128 valence electrons. The molecule has 0 aliphatic carbocycles. The molecule has 1 unspecified atom stereocenters. The maximum absolute atomic E-state index is 12.1. The first-order valence-electron chi connectivity index (χ1n) is 8.07. The van der Waals surface area contributed by atoms with Gasteiger partial charge in [-0.15, -0.1) is 0 Å². The summed E-state index contributed by atoms with van der Waals surface area (Å²) in [6.07, 6.45) is 2.83. The minimum absolute atomic E-state index is 0.211. The molecular weight excluding hydrogens is 360 g/mol. The molecule has 1 aromatic rings. The Hall–Kier alpha value is -1.30. The number of aromatic nitrogens is 1. The van der Waals surface area contributed by atoms with Gasteiger partial charge < -0.3 is 14.4 Å². The van der Waals surface area contributed by atoms with Crippen LogP contribution < -0.4 is 4.74 Å². The Morgan fingerprint density at radius 2 is 2.22 bits per heavy atom. The number of nitrogens with zero attached hydrogens (tertiary/aromatic N) is 2. The minimum Gasteiger partial charge on any atom is -0.478 e. The van der Waals surface area contributed by atoms with Crippen molar-refractivity contribution in [2.24, 2.45) is 5.92 Å². The topological polar surface area (TPSA) is 51.7 Å². The smallest absolute Gasteiger partial charge is 0.410 e. The van der Waals surface area contributed by atoms with Crippen LogP contribution in [0.4, 0.5) is 4.79 Å². The fraction of sp³-hybridized carbons (Fsp3) is 0.647. The van der Waals surface area contributed by atoms with E-state index in [2.05, 4.69) is 20.9 Å². The van der Waals surface area contributed by atoms with Gasteiger partial charge in [0.15, 0.2) is 0 Å². The Morgan fingerprint density at radius 1 is 1.43 bits per heavy atom. The highest BCUT2D eigenvalue weighted by atomic mass is 79.9. The summed E-state index contributed by atoms with van der Waals surface area (Å²) in [5.41, 5.74) is -0.445. The molecule has 1 fully saturated rings. The minimum atomic E-state index is -0.445. The zero-order valence-corrected chi connectivity index (χ0v) is 15.6. The number of ether oxygens (including phenoxy) is 2. The number of hydrogen-bond acceptors (Lipinski definition) is 4. The second-order valence-corrected chi connectivity index (χ2v) is 7.68. The van der Waals surface area contributed by atoms with Crippen molar-refractivity contribution in [2.45, 2.75) is 45.6 Å². The highest BCUT2D eigenvalue weighted by molar-refractivity contribution is 9.10. The largest absolute Gasteiger partial charge is 0.478 e. The average Bonchev–Trinajstić information content (AvgIpc) is 2.46. The van der Waals surface area contributed by atoms with Crippen LogP contribution in [-0.2, 0) is 4.74 Å². The predicted octanol–water partition coefficient (Wildman–Crippen LogP) is 4.26. The third kappa shape index (κ3) is 6.37. The van der Waals surface area contributed by atoms with Crippen molar-refractivity contribution < 1.29 is 14.3 Å². The van der Waals surface area contributed by atoms with Gasteiger partial charge in [-0.1, -0.05) is 6.07 Å². The first-order chi connectivity index (χ1) is 10.8. The number of amides is 1. The lowest BCUT2D eigenvalue weighted by molar-refractivity contribution is 0.0154. The first kappa shape index (κ1) is 18.0. The molecule has 0 spiro atoms. The summed E-state index contributed by atoms with van der Waals surface area (Å²) < 4.78 is 11.9. The number of piperidine rings is 1. The van der Waals surface area contributed by atoms with E-state index >= 15 is 0 Å². The Bertz CT molecular complexity index is 531. The number of pyridine rings is 1. The molecule has 1 atom stereocenters. The molecule has 6 heteroatoms. The van der Waals surface area contributed by atoms with E-state index in [0.717, 1.165) is 37.0 Å². The molecule has 1 saturated heterocycles. The lowest BCUT2D eigenvalue weighted by Gasteiger charge is -2.34. The number of carbonyl (C=O) groups excluding carboxylic acids is 1. The van der Waals surface area contributed by atoms with Crippen LogP contribution in [0.15, 0.2) is 22.8 Å². The van der Waals surface area contributed by atoms with Crippen LogP contribution in [-0.4, -0.2) is 41.3 Å². The van der Waals surface area contributed by atoms with Crippen molar-refractivity contribution in [1.82, 2.24) is 9.88 Å². The zero-order chi connectivity index (χ0) is 16.9. The van der Waals surface area contributed by atoms with Gasteiger partial charge in [-0.05, 0) is 67.9 Å². The van der Waals surface area contributed by atoms with Crippen molar-refractivity contribution in [3.63, 3.8) is 0 Å². The van der Waals surface area contributed by atoms with Crippen LogP contribution in [0, 0.1) is 5.92 Å². The van der Waals surface area contributed by atoms with Gasteiger partial charge in [0, 0.05) is 19.2 Å². The van der Waals surface area contributed by atoms with Gasteiger partial charge in [-0.3, -0.25) is 0 Å². The van der Waals surface area contributed by atoms with Crippen molar-refractivity contribution in [2.75, 3.05) is 19.7 Å². The third-order valence-electron chi connectivity index (χ3n) is 3.64. The summed E-state index contributed by atoms with van der Waals surface area (Å²) in [4.78, 5) is 18.2. The summed E-state index contributed by atoms with van der Waals surface area (Å²) in [6, 6.07) is 5.61. The van der Waals surface area contributed by atoms with Crippen LogP contribution in [0.2, 0.25) is 0 Å². The summed E-state index contributed by atoms with van der Waals surface area (Å²) in [5.74, 6) is 1.07. The van der Waals surface area contributed by atoms with Crippen molar-refractivity contribution >= 4 is 22.0 Å². The van der Waals surface area contributed by atoms with E-state index in [9.17, 15) is 4.79 Å². The van der Waals surface area contributed by atoms with E-state index in [-0.39, 0.29) is 6.09 Å². The van der Waals surface area contributed by atoms with Crippen LogP contribution >= 0.6 is 15.9 Å². The normalized spacial score (nSPS) is 18.6. The van der Waals surface area contributed by atoms with Crippen LogP contribution in [0.1, 0.15) is 40.0 Å². The molecule has 5 nitrogen and oxygen atoms in total. The summed E-state index contributed by atoms with van der Waals surface area (Å²) in [7, 11) is 0. The summed E-state index contributed by atoms with van der Waals surface area (Å²) in [5, 5.41) is 0. The quantitative estimate of drug-likeness (QED) is 0.727. The average molecular weight is 385 g/mol. The van der Waals surface area contributed by atoms with Gasteiger partial charge in [-0.25, -0.2) is 9.78 Å². The monoisotopic (exact) mass is 384 g/mol. The van der Waals surface area contributed by atoms with Gasteiger partial charge in [0.2, 0.25) is 5.88 Å². The second kappa shape index (κ2) is 7.99. The first-order valence-corrected chi connectivity index (χ1v) is 8.86. The predicted molar refractivity (Wildman–Crippen MR) is 92.6 cm³/mol. The van der Waals surface area contributed by atoms with E-state index in [0.29, 0.717) is 18.4 Å². The maximum Gasteiger partial charge on any atom is 0.410 e. The summed E-state index contributed by atoms with van der Waals surface area (Å²) >= 11 is 3.33. The molecular formula is C17H25BrN2O3. The highest BCUT2D eigenvalue weighted by Crippen LogP contribution is 2.22. The molecule has 1 aromatic heterocycles. The Kier molecular flexibility index (Phi) is 6.27. The van der Waals surface area contributed by atoms with Crippen molar-refractivity contribution in [3.05, 3.63) is 22.8 Å². The molecule has 1 amide bonds. The standard InChI is InChI=1S/C17H25BrN2O3/c1-17(2,3)23-16(21)20-10-5-6-13(12-20)9-11-22-15-8-4-7-14(18)19-15/h4,7-8,13H,5-6,9-12H2,1-3H3. The molecule has 0 saturated carbocycles. The van der Waals surface area contributed by atoms with E-state index < -0.39 is 5.60 Å². The van der Waals surface area contributed by atoms with E-state index in [1.54, 1.807) is 0 Å². The maximum atomic E-state index is 12.1. The summed E-state index contributed by atoms with van der Waals surface area (Å²) in [6.45, 7) is 7.81.